The summed E-state index contributed by atoms with van der Waals surface area (Å²) in [5.74, 6) is 0.972. The monoisotopic (exact) mass is 321 g/mol. The molecule has 2 aromatic rings. The number of rotatable bonds is 3. The Bertz CT molecular complexity index is 766. The van der Waals surface area contributed by atoms with Gasteiger partial charge in [-0.15, -0.1) is 0 Å². The molecule has 1 aliphatic heterocycles. The Labute approximate surface area is 141 Å². The summed E-state index contributed by atoms with van der Waals surface area (Å²) in [5, 5.41) is 11.8. The maximum atomic E-state index is 12.3. The first-order valence-corrected chi connectivity index (χ1v) is 8.05. The largest absolute Gasteiger partial charge is 0.341 e. The van der Waals surface area contributed by atoms with Gasteiger partial charge in [-0.25, -0.2) is 9.97 Å². The number of hydrogen-bond donors (Lipinski definition) is 1. The topological polar surface area (TPSA) is 81.9 Å². The highest BCUT2D eigenvalue weighted by molar-refractivity contribution is 6.04. The van der Waals surface area contributed by atoms with Crippen molar-refractivity contribution in [3.8, 4) is 6.07 Å². The highest BCUT2D eigenvalue weighted by Gasteiger charge is 2.19. The van der Waals surface area contributed by atoms with Crippen LogP contribution in [0, 0.1) is 17.2 Å². The summed E-state index contributed by atoms with van der Waals surface area (Å²) in [6, 6.07) is 8.94. The zero-order valence-corrected chi connectivity index (χ0v) is 13.6. The average molecular weight is 321 g/mol. The van der Waals surface area contributed by atoms with Gasteiger partial charge in [-0.3, -0.25) is 4.79 Å². The maximum Gasteiger partial charge on any atom is 0.258 e. The van der Waals surface area contributed by atoms with Crippen molar-refractivity contribution in [2.75, 3.05) is 23.3 Å². The summed E-state index contributed by atoms with van der Waals surface area (Å²) in [6.07, 6.45) is 5.44. The molecule has 0 saturated carbocycles. The SMILES string of the molecule is CC1CCCN(c2ncc(C(=O)Nc3ccccc3C#N)cn2)C1. The van der Waals surface area contributed by atoms with E-state index in [-0.39, 0.29) is 5.91 Å². The fraction of sp³-hybridized carbons (Fsp3) is 0.333. The molecule has 2 heterocycles. The summed E-state index contributed by atoms with van der Waals surface area (Å²) in [4.78, 5) is 23.1. The number of para-hydroxylation sites is 1. The van der Waals surface area contributed by atoms with Crippen LogP contribution in [0.1, 0.15) is 35.7 Å². The van der Waals surface area contributed by atoms with Crippen LogP contribution in [0.25, 0.3) is 0 Å². The third kappa shape index (κ3) is 3.51. The highest BCUT2D eigenvalue weighted by atomic mass is 16.1. The predicted molar refractivity (Wildman–Crippen MR) is 91.8 cm³/mol. The Hall–Kier alpha value is -2.94. The first-order chi connectivity index (χ1) is 11.7. The quantitative estimate of drug-likeness (QED) is 0.940. The fourth-order valence-electron chi connectivity index (χ4n) is 2.86. The van der Waals surface area contributed by atoms with E-state index in [1.165, 1.54) is 18.8 Å². The van der Waals surface area contributed by atoms with Gasteiger partial charge in [0.25, 0.3) is 5.91 Å². The summed E-state index contributed by atoms with van der Waals surface area (Å²) >= 11 is 0. The zero-order valence-electron chi connectivity index (χ0n) is 13.6. The standard InChI is InChI=1S/C18H19N5O/c1-13-5-4-8-23(12-13)18-20-10-15(11-21-18)17(24)22-16-7-3-2-6-14(16)9-19/h2-3,6-7,10-11,13H,4-5,8,12H2,1H3,(H,22,24). The van der Waals surface area contributed by atoms with Crippen molar-refractivity contribution >= 4 is 17.5 Å². The van der Waals surface area contributed by atoms with Crippen molar-refractivity contribution in [2.24, 2.45) is 5.92 Å². The van der Waals surface area contributed by atoms with Crippen LogP contribution < -0.4 is 10.2 Å². The molecule has 1 aromatic carbocycles. The number of piperidine rings is 1. The smallest absolute Gasteiger partial charge is 0.258 e. The molecule has 1 N–H and O–H groups in total. The van der Waals surface area contributed by atoms with E-state index in [1.54, 1.807) is 24.3 Å². The van der Waals surface area contributed by atoms with E-state index >= 15 is 0 Å². The molecular formula is C18H19N5O. The summed E-state index contributed by atoms with van der Waals surface area (Å²) in [7, 11) is 0. The Morgan fingerprint density at radius 3 is 2.79 bits per heavy atom. The van der Waals surface area contributed by atoms with E-state index < -0.39 is 0 Å². The van der Waals surface area contributed by atoms with Crippen LogP contribution >= 0.6 is 0 Å². The molecule has 1 amide bonds. The van der Waals surface area contributed by atoms with Gasteiger partial charge in [0.05, 0.1) is 16.8 Å². The van der Waals surface area contributed by atoms with E-state index in [9.17, 15) is 4.79 Å². The van der Waals surface area contributed by atoms with Crippen LogP contribution in [0.3, 0.4) is 0 Å². The molecule has 3 rings (SSSR count). The zero-order chi connectivity index (χ0) is 16.9. The van der Waals surface area contributed by atoms with Crippen molar-refractivity contribution in [1.29, 1.82) is 5.26 Å². The normalized spacial score (nSPS) is 17.2. The molecule has 0 bridgehead atoms. The maximum absolute atomic E-state index is 12.3. The van der Waals surface area contributed by atoms with Gasteiger partial charge < -0.3 is 10.2 Å². The van der Waals surface area contributed by atoms with Crippen LogP contribution in [-0.4, -0.2) is 29.0 Å². The molecule has 0 spiro atoms. The van der Waals surface area contributed by atoms with Gasteiger partial charge in [0.2, 0.25) is 5.95 Å². The predicted octanol–water partition coefficient (Wildman–Crippen LogP) is 2.84. The summed E-state index contributed by atoms with van der Waals surface area (Å²) in [6.45, 7) is 4.12. The molecular weight excluding hydrogens is 302 g/mol. The molecule has 122 valence electrons. The molecule has 0 aliphatic carbocycles. The average Bonchev–Trinajstić information content (AvgIpc) is 2.62. The third-order valence-corrected chi connectivity index (χ3v) is 4.14. The molecule has 1 atom stereocenters. The number of nitriles is 1. The van der Waals surface area contributed by atoms with Crippen LogP contribution in [0.2, 0.25) is 0 Å². The number of hydrogen-bond acceptors (Lipinski definition) is 5. The second-order valence-corrected chi connectivity index (χ2v) is 6.08. The molecule has 1 saturated heterocycles. The summed E-state index contributed by atoms with van der Waals surface area (Å²) in [5.41, 5.74) is 1.28. The number of carbonyl (C=O) groups excluding carboxylic acids is 1. The lowest BCUT2D eigenvalue weighted by atomic mass is 10.0. The van der Waals surface area contributed by atoms with Crippen molar-refractivity contribution in [2.45, 2.75) is 19.8 Å². The Kier molecular flexibility index (Phi) is 4.71. The lowest BCUT2D eigenvalue weighted by Crippen LogP contribution is -2.35. The first kappa shape index (κ1) is 15.9. The summed E-state index contributed by atoms with van der Waals surface area (Å²) < 4.78 is 0. The minimum Gasteiger partial charge on any atom is -0.341 e. The van der Waals surface area contributed by atoms with Crippen molar-refractivity contribution in [3.63, 3.8) is 0 Å². The third-order valence-electron chi connectivity index (χ3n) is 4.14. The second-order valence-electron chi connectivity index (χ2n) is 6.08. The van der Waals surface area contributed by atoms with Crippen molar-refractivity contribution in [1.82, 2.24) is 9.97 Å². The number of nitrogens with zero attached hydrogens (tertiary/aromatic N) is 4. The number of nitrogens with one attached hydrogen (secondary N) is 1. The van der Waals surface area contributed by atoms with E-state index in [0.717, 1.165) is 19.5 Å². The van der Waals surface area contributed by atoms with Crippen molar-refractivity contribution in [3.05, 3.63) is 47.8 Å². The van der Waals surface area contributed by atoms with Gasteiger partial charge in [0, 0.05) is 25.5 Å². The molecule has 6 nitrogen and oxygen atoms in total. The minimum atomic E-state index is -0.323. The molecule has 0 radical (unpaired) electrons. The molecule has 1 aromatic heterocycles. The van der Waals surface area contributed by atoms with Gasteiger partial charge in [0.15, 0.2) is 0 Å². The van der Waals surface area contributed by atoms with Gasteiger partial charge in [-0.05, 0) is 30.9 Å². The van der Waals surface area contributed by atoms with Gasteiger partial charge in [0.1, 0.15) is 6.07 Å². The minimum absolute atomic E-state index is 0.323. The molecule has 1 aliphatic rings. The molecule has 1 fully saturated rings. The number of amides is 1. The Morgan fingerprint density at radius 1 is 1.33 bits per heavy atom. The van der Waals surface area contributed by atoms with Crippen LogP contribution in [0.15, 0.2) is 36.7 Å². The van der Waals surface area contributed by atoms with E-state index in [2.05, 4.69) is 33.2 Å². The Morgan fingerprint density at radius 2 is 2.08 bits per heavy atom. The van der Waals surface area contributed by atoms with Gasteiger partial charge >= 0.3 is 0 Å². The van der Waals surface area contributed by atoms with Gasteiger partial charge in [-0.2, -0.15) is 5.26 Å². The Balaban J connectivity index is 1.71. The van der Waals surface area contributed by atoms with Crippen LogP contribution in [0.4, 0.5) is 11.6 Å². The number of anilines is 2. The molecule has 6 heteroatoms. The highest BCUT2D eigenvalue weighted by Crippen LogP contribution is 2.20. The number of carbonyl (C=O) groups is 1. The van der Waals surface area contributed by atoms with E-state index in [4.69, 9.17) is 5.26 Å². The molecule has 24 heavy (non-hydrogen) atoms. The van der Waals surface area contributed by atoms with E-state index in [1.807, 2.05) is 0 Å². The van der Waals surface area contributed by atoms with Crippen LogP contribution in [-0.2, 0) is 0 Å². The van der Waals surface area contributed by atoms with Crippen molar-refractivity contribution < 1.29 is 4.79 Å². The fourth-order valence-corrected chi connectivity index (χ4v) is 2.86. The lowest BCUT2D eigenvalue weighted by Gasteiger charge is -2.30. The molecule has 1 unspecified atom stereocenters. The van der Waals surface area contributed by atoms with Crippen LogP contribution in [0.5, 0.6) is 0 Å². The lowest BCUT2D eigenvalue weighted by molar-refractivity contribution is 0.102. The van der Waals surface area contributed by atoms with E-state index in [0.29, 0.717) is 28.7 Å². The van der Waals surface area contributed by atoms with Gasteiger partial charge in [-0.1, -0.05) is 19.1 Å². The number of benzene rings is 1. The first-order valence-electron chi connectivity index (χ1n) is 8.05. The number of aromatic nitrogens is 2. The second kappa shape index (κ2) is 7.09.